The molecule has 7 rings (SSSR count). The van der Waals surface area contributed by atoms with Gasteiger partial charge in [0, 0.05) is 41.1 Å². The highest BCUT2D eigenvalue weighted by atomic mass is 35.5. The molecule has 47 heavy (non-hydrogen) atoms. The van der Waals surface area contributed by atoms with Crippen LogP contribution >= 0.6 is 11.6 Å². The average Bonchev–Trinajstić information content (AvgIpc) is 3.82. The average molecular weight is 646 g/mol. The summed E-state index contributed by atoms with van der Waals surface area (Å²) in [6.45, 7) is 0.573. The molecule has 0 saturated heterocycles. The van der Waals surface area contributed by atoms with Crippen molar-refractivity contribution < 1.29 is 18.3 Å². The van der Waals surface area contributed by atoms with E-state index in [-0.39, 0.29) is 24.4 Å². The highest BCUT2D eigenvalue weighted by Crippen LogP contribution is 2.34. The van der Waals surface area contributed by atoms with Crippen LogP contribution in [0.3, 0.4) is 0 Å². The van der Waals surface area contributed by atoms with Crippen LogP contribution in [0.5, 0.6) is 5.75 Å². The molecule has 1 saturated carbocycles. The number of hydrogen-bond donors (Lipinski definition) is 1. The molecule has 0 radical (unpaired) electrons. The van der Waals surface area contributed by atoms with Crippen LogP contribution < -0.4 is 10.1 Å². The van der Waals surface area contributed by atoms with Crippen molar-refractivity contribution in [3.05, 3.63) is 137 Å². The molecular weight excluding hydrogens is 617 g/mol. The van der Waals surface area contributed by atoms with Crippen LogP contribution in [0.2, 0.25) is 5.02 Å². The van der Waals surface area contributed by atoms with Gasteiger partial charge in [-0.3, -0.25) is 9.78 Å². The number of nitrogens with one attached hydrogen (secondary N) is 1. The van der Waals surface area contributed by atoms with Crippen LogP contribution in [-0.2, 0) is 17.9 Å². The van der Waals surface area contributed by atoms with Crippen LogP contribution in [0.1, 0.15) is 29.7 Å². The fourth-order valence-electron chi connectivity index (χ4n) is 5.23. The summed E-state index contributed by atoms with van der Waals surface area (Å²) in [6.07, 6.45) is 10.3. The van der Waals surface area contributed by atoms with Crippen LogP contribution in [0.25, 0.3) is 28.3 Å². The topological polar surface area (TPSA) is 93.4 Å². The number of anilines is 2. The highest BCUT2D eigenvalue weighted by molar-refractivity contribution is 6.32. The van der Waals surface area contributed by atoms with Crippen LogP contribution in [0.4, 0.5) is 15.9 Å². The number of ether oxygens (including phenoxy) is 1. The van der Waals surface area contributed by atoms with E-state index in [1.165, 1.54) is 18.5 Å². The summed E-state index contributed by atoms with van der Waals surface area (Å²) >= 11 is 6.53. The number of hydrogen-bond acceptors (Lipinski definition) is 7. The molecule has 1 aliphatic carbocycles. The quantitative estimate of drug-likeness (QED) is 0.141. The van der Waals surface area contributed by atoms with E-state index >= 15 is 0 Å². The Morgan fingerprint density at radius 3 is 2.77 bits per heavy atom. The maximum atomic E-state index is 13.5. The van der Waals surface area contributed by atoms with Gasteiger partial charge in [-0.15, -0.1) is 0 Å². The molecule has 0 unspecified atom stereocenters. The summed E-state index contributed by atoms with van der Waals surface area (Å²) in [4.78, 5) is 28.0. The Kier molecular flexibility index (Phi) is 8.62. The summed E-state index contributed by atoms with van der Waals surface area (Å²) in [5, 5.41) is 4.53. The second-order valence-electron chi connectivity index (χ2n) is 11.2. The van der Waals surface area contributed by atoms with E-state index in [4.69, 9.17) is 20.8 Å². The third-order valence-electron chi connectivity index (χ3n) is 7.76. The molecule has 6 aromatic rings. The van der Waals surface area contributed by atoms with E-state index in [2.05, 4.69) is 20.3 Å². The fraction of sp³-hybridized carbons (Fsp3) is 0.135. The number of furan rings is 1. The molecule has 0 spiro atoms. The molecule has 10 heteroatoms. The van der Waals surface area contributed by atoms with Crippen molar-refractivity contribution in [1.82, 2.24) is 19.9 Å². The second kappa shape index (κ2) is 13.4. The Balaban J connectivity index is 1.06. The van der Waals surface area contributed by atoms with Crippen molar-refractivity contribution >= 4 is 46.0 Å². The van der Waals surface area contributed by atoms with Crippen LogP contribution in [-0.4, -0.2) is 31.8 Å². The molecule has 3 heterocycles. The Morgan fingerprint density at radius 1 is 1.04 bits per heavy atom. The largest absolute Gasteiger partial charge is 0.487 e. The van der Waals surface area contributed by atoms with Gasteiger partial charge in [0.2, 0.25) is 5.91 Å². The molecule has 1 aliphatic rings. The molecule has 3 aromatic heterocycles. The van der Waals surface area contributed by atoms with E-state index in [0.29, 0.717) is 45.9 Å². The lowest BCUT2D eigenvalue weighted by atomic mass is 10.1. The number of benzene rings is 3. The minimum atomic E-state index is -0.317. The first kappa shape index (κ1) is 30.1. The Labute approximate surface area is 275 Å². The van der Waals surface area contributed by atoms with E-state index < -0.39 is 0 Å². The maximum Gasteiger partial charge on any atom is 0.247 e. The first-order valence-electron chi connectivity index (χ1n) is 15.1. The molecule has 1 N–H and O–H groups in total. The third-order valence-corrected chi connectivity index (χ3v) is 8.05. The number of halogens is 2. The molecule has 234 valence electrons. The summed E-state index contributed by atoms with van der Waals surface area (Å²) < 4.78 is 25.6. The molecular formula is C37H29ClFN5O3. The number of carbonyl (C=O) groups is 1. The van der Waals surface area contributed by atoms with Gasteiger partial charge in [-0.2, -0.15) is 0 Å². The molecule has 1 amide bonds. The van der Waals surface area contributed by atoms with Gasteiger partial charge in [0.15, 0.2) is 0 Å². The van der Waals surface area contributed by atoms with Crippen molar-refractivity contribution in [3.63, 3.8) is 0 Å². The Morgan fingerprint density at radius 2 is 1.96 bits per heavy atom. The number of amides is 1. The van der Waals surface area contributed by atoms with Gasteiger partial charge < -0.3 is 19.4 Å². The fourth-order valence-corrected chi connectivity index (χ4v) is 5.46. The number of rotatable bonds is 11. The lowest BCUT2D eigenvalue weighted by Crippen LogP contribution is -2.30. The van der Waals surface area contributed by atoms with Gasteiger partial charge in [0.25, 0.3) is 0 Å². The van der Waals surface area contributed by atoms with Crippen molar-refractivity contribution in [2.24, 2.45) is 0 Å². The Bertz CT molecular complexity index is 2080. The predicted octanol–water partition coefficient (Wildman–Crippen LogP) is 8.60. The summed E-state index contributed by atoms with van der Waals surface area (Å²) in [7, 11) is 0. The first-order valence-corrected chi connectivity index (χ1v) is 15.5. The molecule has 8 nitrogen and oxygen atoms in total. The normalized spacial score (nSPS) is 12.8. The Hall–Kier alpha value is -5.54. The molecule has 0 bridgehead atoms. The van der Waals surface area contributed by atoms with Crippen molar-refractivity contribution in [2.75, 3.05) is 5.32 Å². The first-order chi connectivity index (χ1) is 23.0. The molecule has 0 aliphatic heterocycles. The number of pyridine rings is 1. The lowest BCUT2D eigenvalue weighted by Gasteiger charge is -2.19. The number of aromatic nitrogens is 3. The third kappa shape index (κ3) is 7.31. The zero-order chi connectivity index (χ0) is 32.2. The minimum absolute atomic E-state index is 0.0563. The number of nitrogens with zero attached hydrogens (tertiary/aromatic N) is 4. The van der Waals surface area contributed by atoms with Crippen molar-refractivity contribution in [3.8, 4) is 17.1 Å². The zero-order valence-corrected chi connectivity index (χ0v) is 25.9. The number of carbonyl (C=O) groups excluding carboxylic acids is 1. The van der Waals surface area contributed by atoms with Crippen molar-refractivity contribution in [1.29, 1.82) is 0 Å². The van der Waals surface area contributed by atoms with Gasteiger partial charge >= 0.3 is 0 Å². The summed E-state index contributed by atoms with van der Waals surface area (Å²) in [5.41, 5.74) is 3.89. The maximum absolute atomic E-state index is 13.5. The van der Waals surface area contributed by atoms with Gasteiger partial charge in [-0.05, 0) is 96.8 Å². The minimum Gasteiger partial charge on any atom is -0.487 e. The number of fused-ring (bicyclic) bond motifs is 1. The summed E-state index contributed by atoms with van der Waals surface area (Å²) in [5.74, 6) is 2.08. The lowest BCUT2D eigenvalue weighted by molar-refractivity contribution is -0.127. The van der Waals surface area contributed by atoms with Gasteiger partial charge in [-0.25, -0.2) is 14.4 Å². The van der Waals surface area contributed by atoms with Crippen LogP contribution in [0.15, 0.2) is 114 Å². The van der Waals surface area contributed by atoms with Gasteiger partial charge in [0.05, 0.1) is 17.1 Å². The molecule has 0 atom stereocenters. The van der Waals surface area contributed by atoms with Gasteiger partial charge in [-0.1, -0.05) is 29.8 Å². The van der Waals surface area contributed by atoms with Gasteiger partial charge in [0.1, 0.15) is 41.8 Å². The van der Waals surface area contributed by atoms with E-state index in [1.54, 1.807) is 48.8 Å². The van der Waals surface area contributed by atoms with E-state index in [9.17, 15) is 9.18 Å². The van der Waals surface area contributed by atoms with Crippen molar-refractivity contribution in [2.45, 2.75) is 32.0 Å². The predicted molar refractivity (Wildman–Crippen MR) is 180 cm³/mol. The molecule has 3 aromatic carbocycles. The molecule has 1 fully saturated rings. The van der Waals surface area contributed by atoms with E-state index in [1.807, 2.05) is 53.4 Å². The highest BCUT2D eigenvalue weighted by Gasteiger charge is 2.32. The monoisotopic (exact) mass is 645 g/mol. The smallest absolute Gasteiger partial charge is 0.247 e. The van der Waals surface area contributed by atoms with E-state index in [0.717, 1.165) is 34.9 Å². The van der Waals surface area contributed by atoms with Crippen LogP contribution in [0, 0.1) is 5.82 Å². The second-order valence-corrected chi connectivity index (χ2v) is 11.6. The SMILES string of the molecule is O=C(/C=C/c1cccnc1)N(Cc1ccc(-c2ccc3ncnc(Nc4ccc(OCc5cccc(F)c5)c(Cl)c4)c3c2)o1)C1CC1. The zero-order valence-electron chi connectivity index (χ0n) is 25.1. The summed E-state index contributed by atoms with van der Waals surface area (Å²) in [6, 6.07) is 25.2. The standard InChI is InChI=1S/C37H29ClFN5O3/c38-32-19-28(8-13-35(32)46-22-25-3-1-5-27(39)17-25)43-37-31-18-26(7-12-33(31)41-23-42-37)34-14-11-30(47-34)21-44(29-9-10-29)36(45)15-6-24-4-2-16-40-20-24/h1-8,11-20,23,29H,9-10,21-22H2,(H,41,42,43)/b15-6+.